The molecule has 1 aromatic heterocycles. The first-order chi connectivity index (χ1) is 7.75. The third-order valence-corrected chi connectivity index (χ3v) is 4.70. The van der Waals surface area contributed by atoms with Crippen molar-refractivity contribution >= 4 is 33.0 Å². The van der Waals surface area contributed by atoms with Crippen molar-refractivity contribution in [1.82, 2.24) is 0 Å². The molecule has 0 aliphatic carbocycles. The Labute approximate surface area is 108 Å². The molecule has 0 bridgehead atoms. The number of thiophene rings is 1. The first kappa shape index (κ1) is 12.3. The Morgan fingerprint density at radius 1 is 1.56 bits per heavy atom. The molecule has 1 saturated heterocycles. The van der Waals surface area contributed by atoms with E-state index < -0.39 is 0 Å². The molecular formula is C12H15BrO2S. The fourth-order valence-electron chi connectivity index (χ4n) is 1.92. The van der Waals surface area contributed by atoms with Crippen molar-refractivity contribution in [2.75, 3.05) is 6.61 Å². The van der Waals surface area contributed by atoms with Gasteiger partial charge in [0.05, 0.1) is 6.10 Å². The highest BCUT2D eigenvalue weighted by Gasteiger charge is 2.18. The van der Waals surface area contributed by atoms with Crippen LogP contribution in [0, 0.1) is 0 Å². The number of Topliss-reactive ketones (excluding diaryl/α,β-unsaturated/α-hetero) is 1. The van der Waals surface area contributed by atoms with Gasteiger partial charge in [-0.15, -0.1) is 11.3 Å². The van der Waals surface area contributed by atoms with Crippen LogP contribution in [0.25, 0.3) is 0 Å². The predicted octanol–water partition coefficient (Wildman–Crippen LogP) is 3.58. The number of hydrogen-bond donors (Lipinski definition) is 0. The second-order valence-electron chi connectivity index (χ2n) is 4.10. The lowest BCUT2D eigenvalue weighted by molar-refractivity contribution is -0.122. The van der Waals surface area contributed by atoms with Crippen LogP contribution in [0.4, 0.5) is 0 Å². The van der Waals surface area contributed by atoms with Gasteiger partial charge >= 0.3 is 0 Å². The molecule has 0 spiro atoms. The van der Waals surface area contributed by atoms with E-state index in [-0.39, 0.29) is 11.9 Å². The quantitative estimate of drug-likeness (QED) is 0.850. The summed E-state index contributed by atoms with van der Waals surface area (Å²) in [5.74, 6) is 0.287. The molecule has 0 amide bonds. The Kier molecular flexibility index (Phi) is 4.55. The predicted molar refractivity (Wildman–Crippen MR) is 68.9 cm³/mol. The zero-order chi connectivity index (χ0) is 11.4. The van der Waals surface area contributed by atoms with Crippen LogP contribution in [0.2, 0.25) is 0 Å². The third kappa shape index (κ3) is 3.40. The van der Waals surface area contributed by atoms with Crippen LogP contribution >= 0.6 is 27.3 Å². The molecule has 1 aliphatic heterocycles. The maximum absolute atomic E-state index is 11.8. The number of rotatable bonds is 4. The standard InChI is InChI=1S/C12H15BrO2S/c13-11-4-6-16-12(11)8-9(14)7-10-3-1-2-5-15-10/h4,6,10H,1-3,5,7-8H2. The summed E-state index contributed by atoms with van der Waals surface area (Å²) < 4.78 is 6.62. The van der Waals surface area contributed by atoms with Gasteiger partial charge in [-0.2, -0.15) is 0 Å². The summed E-state index contributed by atoms with van der Waals surface area (Å²) in [6.45, 7) is 0.820. The summed E-state index contributed by atoms with van der Waals surface area (Å²) in [6, 6.07) is 1.99. The van der Waals surface area contributed by atoms with Gasteiger partial charge in [0.15, 0.2) is 0 Å². The van der Waals surface area contributed by atoms with E-state index in [1.54, 1.807) is 11.3 Å². The molecule has 0 radical (unpaired) electrons. The monoisotopic (exact) mass is 302 g/mol. The van der Waals surface area contributed by atoms with Gasteiger partial charge in [-0.1, -0.05) is 0 Å². The molecule has 1 aliphatic rings. The van der Waals surface area contributed by atoms with E-state index in [2.05, 4.69) is 15.9 Å². The summed E-state index contributed by atoms with van der Waals surface area (Å²) in [6.07, 6.45) is 4.65. The van der Waals surface area contributed by atoms with Gasteiger partial charge in [-0.3, -0.25) is 4.79 Å². The summed E-state index contributed by atoms with van der Waals surface area (Å²) in [4.78, 5) is 13.0. The lowest BCUT2D eigenvalue weighted by Gasteiger charge is -2.21. The van der Waals surface area contributed by atoms with Gasteiger partial charge < -0.3 is 4.74 Å². The minimum absolute atomic E-state index is 0.167. The molecule has 2 heterocycles. The molecule has 2 rings (SSSR count). The Hall–Kier alpha value is -0.190. The van der Waals surface area contributed by atoms with Crippen molar-refractivity contribution in [3.8, 4) is 0 Å². The maximum atomic E-state index is 11.8. The molecule has 16 heavy (non-hydrogen) atoms. The van der Waals surface area contributed by atoms with E-state index in [0.29, 0.717) is 12.8 Å². The molecule has 2 nitrogen and oxygen atoms in total. The average molecular weight is 303 g/mol. The lowest BCUT2D eigenvalue weighted by atomic mass is 10.0. The number of ether oxygens (including phenoxy) is 1. The minimum Gasteiger partial charge on any atom is -0.378 e. The van der Waals surface area contributed by atoms with Gasteiger partial charge in [-0.25, -0.2) is 0 Å². The van der Waals surface area contributed by atoms with Crippen molar-refractivity contribution in [2.45, 2.75) is 38.2 Å². The van der Waals surface area contributed by atoms with Crippen LogP contribution in [0.15, 0.2) is 15.9 Å². The molecule has 88 valence electrons. The second kappa shape index (κ2) is 5.94. The molecule has 1 fully saturated rings. The van der Waals surface area contributed by atoms with Crippen molar-refractivity contribution < 1.29 is 9.53 Å². The molecule has 0 aromatic carbocycles. The SMILES string of the molecule is O=C(Cc1sccc1Br)CC1CCCCO1. The van der Waals surface area contributed by atoms with Crippen LogP contribution in [0.1, 0.15) is 30.6 Å². The summed E-state index contributed by atoms with van der Waals surface area (Å²) >= 11 is 5.08. The van der Waals surface area contributed by atoms with Crippen molar-refractivity contribution in [2.24, 2.45) is 0 Å². The van der Waals surface area contributed by atoms with E-state index in [9.17, 15) is 4.79 Å². The fourth-order valence-corrected chi connectivity index (χ4v) is 3.45. The van der Waals surface area contributed by atoms with E-state index in [1.807, 2.05) is 11.4 Å². The van der Waals surface area contributed by atoms with Crippen LogP contribution in [0.5, 0.6) is 0 Å². The average Bonchev–Trinajstić information content (AvgIpc) is 2.66. The molecular weight excluding hydrogens is 288 g/mol. The van der Waals surface area contributed by atoms with Crippen molar-refractivity contribution in [3.63, 3.8) is 0 Å². The Morgan fingerprint density at radius 3 is 3.06 bits per heavy atom. The van der Waals surface area contributed by atoms with Crippen molar-refractivity contribution in [3.05, 3.63) is 20.8 Å². The van der Waals surface area contributed by atoms with E-state index in [0.717, 1.165) is 28.8 Å². The minimum atomic E-state index is 0.167. The van der Waals surface area contributed by atoms with Gasteiger partial charge in [0.25, 0.3) is 0 Å². The Balaban J connectivity index is 1.82. The molecule has 1 atom stereocenters. The first-order valence-corrected chi connectivity index (χ1v) is 7.28. The molecule has 0 N–H and O–H groups in total. The number of hydrogen-bond acceptors (Lipinski definition) is 3. The highest BCUT2D eigenvalue weighted by Crippen LogP contribution is 2.24. The van der Waals surface area contributed by atoms with Crippen LogP contribution < -0.4 is 0 Å². The number of ketones is 1. The maximum Gasteiger partial charge on any atom is 0.140 e. The lowest BCUT2D eigenvalue weighted by Crippen LogP contribution is -2.23. The van der Waals surface area contributed by atoms with Crippen molar-refractivity contribution in [1.29, 1.82) is 0 Å². The molecule has 0 saturated carbocycles. The largest absolute Gasteiger partial charge is 0.378 e. The van der Waals surface area contributed by atoms with Gasteiger partial charge in [0.2, 0.25) is 0 Å². The van der Waals surface area contributed by atoms with E-state index in [1.165, 1.54) is 6.42 Å². The summed E-state index contributed by atoms with van der Waals surface area (Å²) in [7, 11) is 0. The number of carbonyl (C=O) groups excluding carboxylic acids is 1. The topological polar surface area (TPSA) is 26.3 Å². The smallest absolute Gasteiger partial charge is 0.140 e. The molecule has 4 heteroatoms. The van der Waals surface area contributed by atoms with Crippen LogP contribution in [0.3, 0.4) is 0 Å². The number of halogens is 1. The zero-order valence-corrected chi connectivity index (χ0v) is 11.5. The molecule has 1 aromatic rings. The first-order valence-electron chi connectivity index (χ1n) is 5.61. The highest BCUT2D eigenvalue weighted by atomic mass is 79.9. The van der Waals surface area contributed by atoms with Gasteiger partial charge in [0, 0.05) is 28.8 Å². The summed E-state index contributed by atoms with van der Waals surface area (Å²) in [5.41, 5.74) is 0. The normalized spacial score (nSPS) is 20.9. The second-order valence-corrected chi connectivity index (χ2v) is 5.95. The van der Waals surface area contributed by atoms with Gasteiger partial charge in [0.1, 0.15) is 5.78 Å². The van der Waals surface area contributed by atoms with E-state index >= 15 is 0 Å². The summed E-state index contributed by atoms with van der Waals surface area (Å²) in [5, 5.41) is 2.00. The zero-order valence-electron chi connectivity index (χ0n) is 9.08. The Bertz CT molecular complexity index is 356. The van der Waals surface area contributed by atoms with E-state index in [4.69, 9.17) is 4.74 Å². The highest BCUT2D eigenvalue weighted by molar-refractivity contribution is 9.10. The third-order valence-electron chi connectivity index (χ3n) is 2.78. The fraction of sp³-hybridized carbons (Fsp3) is 0.583. The Morgan fingerprint density at radius 2 is 2.44 bits per heavy atom. The van der Waals surface area contributed by atoms with Gasteiger partial charge in [-0.05, 0) is 46.6 Å². The van der Waals surface area contributed by atoms with Crippen LogP contribution in [-0.2, 0) is 16.0 Å². The number of carbonyl (C=O) groups is 1. The van der Waals surface area contributed by atoms with Crippen LogP contribution in [-0.4, -0.2) is 18.5 Å². The molecule has 1 unspecified atom stereocenters.